The SMILES string of the molecule is C/C=C/CCC1CCC(C(F)(CF)OCc2ccc(OC(F)F)cc2)CC1. The van der Waals surface area contributed by atoms with Crippen LogP contribution in [0.15, 0.2) is 36.4 Å². The van der Waals surface area contributed by atoms with E-state index in [1.807, 2.05) is 13.0 Å². The molecule has 1 aliphatic rings. The fraction of sp³-hybridized carbons (Fsp3) is 0.619. The Hall–Kier alpha value is -1.56. The second-order valence-electron chi connectivity index (χ2n) is 7.09. The van der Waals surface area contributed by atoms with Crippen molar-refractivity contribution in [3.05, 3.63) is 42.0 Å². The first-order valence-electron chi connectivity index (χ1n) is 9.50. The molecular formula is C21H28F4O2. The van der Waals surface area contributed by atoms with Crippen LogP contribution in [0.2, 0.25) is 0 Å². The lowest BCUT2D eigenvalue weighted by atomic mass is 9.77. The van der Waals surface area contributed by atoms with Gasteiger partial charge >= 0.3 is 6.61 Å². The molecule has 0 radical (unpaired) electrons. The van der Waals surface area contributed by atoms with Crippen LogP contribution in [-0.4, -0.2) is 19.1 Å². The molecule has 1 unspecified atom stereocenters. The minimum atomic E-state index is -2.90. The van der Waals surface area contributed by atoms with Crippen LogP contribution in [0.25, 0.3) is 0 Å². The van der Waals surface area contributed by atoms with Crippen molar-refractivity contribution >= 4 is 0 Å². The highest BCUT2D eigenvalue weighted by atomic mass is 19.3. The molecular weight excluding hydrogens is 360 g/mol. The Balaban J connectivity index is 1.84. The lowest BCUT2D eigenvalue weighted by Gasteiger charge is -2.36. The number of hydrogen-bond acceptors (Lipinski definition) is 2. The highest BCUT2D eigenvalue weighted by Crippen LogP contribution is 2.40. The molecule has 0 amide bonds. The molecule has 0 heterocycles. The van der Waals surface area contributed by atoms with E-state index in [1.165, 1.54) is 24.3 Å². The Bertz CT molecular complexity index is 568. The molecule has 0 spiro atoms. The van der Waals surface area contributed by atoms with Crippen LogP contribution in [0.5, 0.6) is 5.75 Å². The molecule has 1 aliphatic carbocycles. The normalized spacial score (nSPS) is 22.9. The van der Waals surface area contributed by atoms with E-state index in [4.69, 9.17) is 4.74 Å². The van der Waals surface area contributed by atoms with E-state index in [1.54, 1.807) is 0 Å². The molecule has 6 heteroatoms. The van der Waals surface area contributed by atoms with Crippen molar-refractivity contribution in [2.24, 2.45) is 11.8 Å². The van der Waals surface area contributed by atoms with Crippen molar-refractivity contribution in [3.8, 4) is 5.75 Å². The molecule has 0 N–H and O–H groups in total. The second kappa shape index (κ2) is 10.7. The first kappa shape index (κ1) is 21.7. The first-order valence-corrected chi connectivity index (χ1v) is 9.50. The van der Waals surface area contributed by atoms with Gasteiger partial charge in [-0.05, 0) is 69.1 Å². The van der Waals surface area contributed by atoms with Crippen molar-refractivity contribution in [1.82, 2.24) is 0 Å². The van der Waals surface area contributed by atoms with Gasteiger partial charge in [0.1, 0.15) is 12.4 Å². The van der Waals surface area contributed by atoms with E-state index >= 15 is 4.39 Å². The Morgan fingerprint density at radius 2 is 1.81 bits per heavy atom. The van der Waals surface area contributed by atoms with Crippen LogP contribution >= 0.6 is 0 Å². The maximum atomic E-state index is 15.0. The molecule has 0 saturated heterocycles. The van der Waals surface area contributed by atoms with E-state index in [9.17, 15) is 13.2 Å². The van der Waals surface area contributed by atoms with E-state index in [0.717, 1.165) is 25.7 Å². The van der Waals surface area contributed by atoms with E-state index < -0.39 is 25.1 Å². The fourth-order valence-corrected chi connectivity index (χ4v) is 3.62. The highest BCUT2D eigenvalue weighted by molar-refractivity contribution is 5.26. The molecule has 2 rings (SSSR count). The van der Waals surface area contributed by atoms with Crippen LogP contribution in [0.3, 0.4) is 0 Å². The lowest BCUT2D eigenvalue weighted by Crippen LogP contribution is -2.40. The third-order valence-electron chi connectivity index (χ3n) is 5.24. The molecule has 1 atom stereocenters. The van der Waals surface area contributed by atoms with Gasteiger partial charge in [0, 0.05) is 5.92 Å². The predicted octanol–water partition coefficient (Wildman–Crippen LogP) is 6.60. The maximum Gasteiger partial charge on any atom is 0.387 e. The van der Waals surface area contributed by atoms with E-state index in [-0.39, 0.29) is 12.4 Å². The van der Waals surface area contributed by atoms with Crippen LogP contribution in [0, 0.1) is 11.8 Å². The summed E-state index contributed by atoms with van der Waals surface area (Å²) in [4.78, 5) is 0. The van der Waals surface area contributed by atoms with Crippen molar-refractivity contribution < 1.29 is 27.0 Å². The molecule has 1 aromatic carbocycles. The number of rotatable bonds is 10. The van der Waals surface area contributed by atoms with Crippen LogP contribution in [0.4, 0.5) is 17.6 Å². The average Bonchev–Trinajstić information content (AvgIpc) is 2.67. The molecule has 27 heavy (non-hydrogen) atoms. The van der Waals surface area contributed by atoms with Gasteiger partial charge < -0.3 is 9.47 Å². The van der Waals surface area contributed by atoms with Crippen molar-refractivity contribution in [1.29, 1.82) is 0 Å². The fourth-order valence-electron chi connectivity index (χ4n) is 3.62. The van der Waals surface area contributed by atoms with Crippen molar-refractivity contribution in [3.63, 3.8) is 0 Å². The van der Waals surface area contributed by atoms with Crippen LogP contribution in [-0.2, 0) is 11.3 Å². The minimum Gasteiger partial charge on any atom is -0.435 e. The lowest BCUT2D eigenvalue weighted by molar-refractivity contribution is -0.207. The molecule has 2 nitrogen and oxygen atoms in total. The molecule has 0 aliphatic heterocycles. The topological polar surface area (TPSA) is 18.5 Å². The van der Waals surface area contributed by atoms with Gasteiger partial charge in [0.15, 0.2) is 0 Å². The summed E-state index contributed by atoms with van der Waals surface area (Å²) in [7, 11) is 0. The van der Waals surface area contributed by atoms with E-state index in [0.29, 0.717) is 24.3 Å². The van der Waals surface area contributed by atoms with Crippen molar-refractivity contribution in [2.45, 2.75) is 64.5 Å². The third-order valence-corrected chi connectivity index (χ3v) is 5.24. The van der Waals surface area contributed by atoms with Gasteiger partial charge in [-0.3, -0.25) is 0 Å². The summed E-state index contributed by atoms with van der Waals surface area (Å²) in [6, 6.07) is 5.73. The van der Waals surface area contributed by atoms with Gasteiger partial charge in [-0.2, -0.15) is 8.78 Å². The molecule has 152 valence electrons. The van der Waals surface area contributed by atoms with Gasteiger partial charge in [-0.25, -0.2) is 8.78 Å². The summed E-state index contributed by atoms with van der Waals surface area (Å²) in [6.07, 6.45) is 9.27. The summed E-state index contributed by atoms with van der Waals surface area (Å²) < 4.78 is 62.4. The summed E-state index contributed by atoms with van der Waals surface area (Å²) in [5.74, 6) is -2.18. The van der Waals surface area contributed by atoms with Crippen LogP contribution in [0.1, 0.15) is 51.0 Å². The van der Waals surface area contributed by atoms with Gasteiger partial charge in [0.2, 0.25) is 5.85 Å². The molecule has 1 saturated carbocycles. The summed E-state index contributed by atoms with van der Waals surface area (Å²) in [5, 5.41) is 0. The zero-order valence-corrected chi connectivity index (χ0v) is 15.7. The smallest absolute Gasteiger partial charge is 0.387 e. The third kappa shape index (κ3) is 6.83. The number of alkyl halides is 4. The standard InChI is InChI=1S/C21H28F4O2/c1-2-3-4-5-16-6-10-18(11-7-16)21(25,15-22)26-14-17-8-12-19(13-9-17)27-20(23)24/h2-3,8-9,12-13,16,18,20H,4-7,10-11,14-15H2,1H3/b3-2+. The molecule has 1 aromatic rings. The van der Waals surface area contributed by atoms with Gasteiger partial charge in [-0.1, -0.05) is 24.3 Å². The highest BCUT2D eigenvalue weighted by Gasteiger charge is 2.42. The number of ether oxygens (including phenoxy) is 2. The summed E-state index contributed by atoms with van der Waals surface area (Å²) in [6.45, 7) is -2.21. The molecule has 0 aromatic heterocycles. The van der Waals surface area contributed by atoms with Gasteiger partial charge in [0.25, 0.3) is 0 Å². The second-order valence-corrected chi connectivity index (χ2v) is 7.09. The number of hydrogen-bond donors (Lipinski definition) is 0. The number of allylic oxidation sites excluding steroid dienone is 2. The zero-order chi connectivity index (χ0) is 19.7. The first-order chi connectivity index (χ1) is 13.0. The molecule has 0 bridgehead atoms. The van der Waals surface area contributed by atoms with Gasteiger partial charge in [0.05, 0.1) is 6.61 Å². The quantitative estimate of drug-likeness (QED) is 0.332. The zero-order valence-electron chi connectivity index (χ0n) is 15.7. The van der Waals surface area contributed by atoms with Gasteiger partial charge in [-0.15, -0.1) is 0 Å². The Kier molecular flexibility index (Phi) is 8.61. The maximum absolute atomic E-state index is 15.0. The number of benzene rings is 1. The number of halogens is 4. The minimum absolute atomic E-state index is 0.0157. The van der Waals surface area contributed by atoms with Crippen LogP contribution < -0.4 is 4.74 Å². The van der Waals surface area contributed by atoms with Crippen molar-refractivity contribution in [2.75, 3.05) is 6.67 Å². The summed E-state index contributed by atoms with van der Waals surface area (Å²) in [5.41, 5.74) is 0.576. The molecule has 1 fully saturated rings. The Labute approximate surface area is 158 Å². The monoisotopic (exact) mass is 388 g/mol. The average molecular weight is 388 g/mol. The predicted molar refractivity (Wildman–Crippen MR) is 97.2 cm³/mol. The largest absolute Gasteiger partial charge is 0.435 e. The Morgan fingerprint density at radius 3 is 2.37 bits per heavy atom. The van der Waals surface area contributed by atoms with E-state index in [2.05, 4.69) is 10.8 Å². The Morgan fingerprint density at radius 1 is 1.15 bits per heavy atom. The summed E-state index contributed by atoms with van der Waals surface area (Å²) >= 11 is 0.